The van der Waals surface area contributed by atoms with Crippen molar-refractivity contribution in [2.45, 2.75) is 31.4 Å². The van der Waals surface area contributed by atoms with Crippen LogP contribution in [0.15, 0.2) is 48.5 Å². The van der Waals surface area contributed by atoms with E-state index in [4.69, 9.17) is 9.47 Å². The summed E-state index contributed by atoms with van der Waals surface area (Å²) >= 11 is 0. The predicted molar refractivity (Wildman–Crippen MR) is 95.8 cm³/mol. The number of esters is 1. The molecule has 4 rings (SSSR count). The highest BCUT2D eigenvalue weighted by atomic mass is 16.5. The summed E-state index contributed by atoms with van der Waals surface area (Å²) in [4.78, 5) is 24.5. The second-order valence-corrected chi connectivity index (χ2v) is 6.84. The standard InChI is InChI=1S/C21H21NO4/c1-25-15-10-8-14(9-11-15)20(13-6-7-13)22-19(23)12-18-16-4-2-3-5-17(16)21(24)26-18/h2-5,8-11,13,18,20H,6-7,12H2,1H3,(H,22,23)/t18-,20-/m0/s1. The Morgan fingerprint density at radius 3 is 2.62 bits per heavy atom. The molecule has 0 spiro atoms. The average Bonchev–Trinajstić information content (AvgIpc) is 3.46. The molecule has 1 amide bonds. The number of ether oxygens (including phenoxy) is 2. The van der Waals surface area contributed by atoms with Crippen LogP contribution in [-0.4, -0.2) is 19.0 Å². The van der Waals surface area contributed by atoms with Crippen LogP contribution in [0.3, 0.4) is 0 Å². The Hall–Kier alpha value is -2.82. The van der Waals surface area contributed by atoms with Crippen LogP contribution >= 0.6 is 0 Å². The van der Waals surface area contributed by atoms with Gasteiger partial charge in [0.1, 0.15) is 11.9 Å². The van der Waals surface area contributed by atoms with Gasteiger partial charge in [-0.2, -0.15) is 0 Å². The number of methoxy groups -OCH3 is 1. The lowest BCUT2D eigenvalue weighted by atomic mass is 10.0. The minimum absolute atomic E-state index is 0.0132. The molecule has 2 atom stereocenters. The fourth-order valence-corrected chi connectivity index (χ4v) is 3.49. The summed E-state index contributed by atoms with van der Waals surface area (Å²) in [7, 11) is 1.63. The quantitative estimate of drug-likeness (QED) is 0.808. The minimum atomic E-state index is -0.505. The first-order valence-electron chi connectivity index (χ1n) is 8.89. The molecule has 1 fully saturated rings. The maximum Gasteiger partial charge on any atom is 0.339 e. The molecule has 2 aromatic carbocycles. The van der Waals surface area contributed by atoms with Crippen molar-refractivity contribution in [1.29, 1.82) is 0 Å². The summed E-state index contributed by atoms with van der Waals surface area (Å²) < 4.78 is 10.6. The van der Waals surface area contributed by atoms with E-state index in [2.05, 4.69) is 5.32 Å². The molecule has 1 saturated carbocycles. The van der Waals surface area contributed by atoms with Gasteiger partial charge in [0.25, 0.3) is 0 Å². The molecule has 5 heteroatoms. The first-order valence-corrected chi connectivity index (χ1v) is 8.89. The number of hydrogen-bond acceptors (Lipinski definition) is 4. The van der Waals surface area contributed by atoms with Crippen LogP contribution in [0.4, 0.5) is 0 Å². The van der Waals surface area contributed by atoms with Gasteiger partial charge in [-0.05, 0) is 42.5 Å². The number of benzene rings is 2. The molecule has 0 bridgehead atoms. The highest BCUT2D eigenvalue weighted by Gasteiger charge is 2.36. The summed E-state index contributed by atoms with van der Waals surface area (Å²) in [6, 6.07) is 15.0. The van der Waals surface area contributed by atoms with Gasteiger partial charge < -0.3 is 14.8 Å². The lowest BCUT2D eigenvalue weighted by Gasteiger charge is -2.20. The molecule has 5 nitrogen and oxygen atoms in total. The summed E-state index contributed by atoms with van der Waals surface area (Å²) in [6.07, 6.45) is 1.85. The molecule has 2 aromatic rings. The fraction of sp³-hybridized carbons (Fsp3) is 0.333. The van der Waals surface area contributed by atoms with E-state index in [1.165, 1.54) is 0 Å². The second-order valence-electron chi connectivity index (χ2n) is 6.84. The van der Waals surface area contributed by atoms with E-state index >= 15 is 0 Å². The summed E-state index contributed by atoms with van der Waals surface area (Å²) in [5.74, 6) is 0.800. The molecular formula is C21H21NO4. The van der Waals surface area contributed by atoms with Gasteiger partial charge in [0.15, 0.2) is 0 Å². The molecule has 1 aliphatic heterocycles. The van der Waals surface area contributed by atoms with Crippen molar-refractivity contribution in [3.05, 3.63) is 65.2 Å². The Balaban J connectivity index is 1.45. The zero-order chi connectivity index (χ0) is 18.1. The van der Waals surface area contributed by atoms with Gasteiger partial charge in [-0.15, -0.1) is 0 Å². The van der Waals surface area contributed by atoms with E-state index in [1.54, 1.807) is 19.2 Å². The number of fused-ring (bicyclic) bond motifs is 1. The van der Waals surface area contributed by atoms with Crippen molar-refractivity contribution in [2.75, 3.05) is 7.11 Å². The van der Waals surface area contributed by atoms with Gasteiger partial charge in [-0.1, -0.05) is 30.3 Å². The Morgan fingerprint density at radius 2 is 1.92 bits per heavy atom. The molecule has 1 heterocycles. The fourth-order valence-electron chi connectivity index (χ4n) is 3.49. The van der Waals surface area contributed by atoms with E-state index in [1.807, 2.05) is 36.4 Å². The third-order valence-corrected chi connectivity index (χ3v) is 5.03. The zero-order valence-corrected chi connectivity index (χ0v) is 14.6. The molecular weight excluding hydrogens is 330 g/mol. The topological polar surface area (TPSA) is 64.6 Å². The van der Waals surface area contributed by atoms with E-state index in [9.17, 15) is 9.59 Å². The summed E-state index contributed by atoms with van der Waals surface area (Å²) in [6.45, 7) is 0. The SMILES string of the molecule is COc1ccc([C@@H](NC(=O)C[C@@H]2OC(=O)c3ccccc32)C2CC2)cc1. The van der Waals surface area contributed by atoms with Gasteiger partial charge in [0, 0.05) is 5.56 Å². The number of cyclic esters (lactones) is 1. The van der Waals surface area contributed by atoms with Crippen molar-refractivity contribution < 1.29 is 19.1 Å². The van der Waals surface area contributed by atoms with E-state index in [0.717, 1.165) is 29.7 Å². The number of hydrogen-bond donors (Lipinski definition) is 1. The highest BCUT2D eigenvalue weighted by molar-refractivity contribution is 5.94. The minimum Gasteiger partial charge on any atom is -0.497 e. The van der Waals surface area contributed by atoms with Crippen LogP contribution in [0.5, 0.6) is 5.75 Å². The normalized spacial score (nSPS) is 19.4. The number of amides is 1. The number of carbonyl (C=O) groups is 2. The Labute approximate surface area is 152 Å². The van der Waals surface area contributed by atoms with Gasteiger partial charge in [0.05, 0.1) is 25.1 Å². The number of rotatable bonds is 6. The van der Waals surface area contributed by atoms with Crippen molar-refractivity contribution in [1.82, 2.24) is 5.32 Å². The second kappa shape index (κ2) is 6.83. The van der Waals surface area contributed by atoms with Gasteiger partial charge in [0.2, 0.25) is 5.91 Å². The molecule has 1 aliphatic carbocycles. The lowest BCUT2D eigenvalue weighted by molar-refractivity contribution is -0.123. The highest BCUT2D eigenvalue weighted by Crippen LogP contribution is 2.41. The maximum absolute atomic E-state index is 12.6. The number of nitrogens with one attached hydrogen (secondary N) is 1. The van der Waals surface area contributed by atoms with Gasteiger partial charge in [-0.25, -0.2) is 4.79 Å². The number of carbonyl (C=O) groups excluding carboxylic acids is 2. The van der Waals surface area contributed by atoms with Crippen LogP contribution in [0, 0.1) is 5.92 Å². The molecule has 0 aromatic heterocycles. The van der Waals surface area contributed by atoms with Crippen LogP contribution < -0.4 is 10.1 Å². The monoisotopic (exact) mass is 351 g/mol. The smallest absolute Gasteiger partial charge is 0.339 e. The van der Waals surface area contributed by atoms with Crippen LogP contribution in [0.2, 0.25) is 0 Å². The average molecular weight is 351 g/mol. The van der Waals surface area contributed by atoms with Crippen molar-refractivity contribution >= 4 is 11.9 Å². The predicted octanol–water partition coefficient (Wildman–Crippen LogP) is 3.56. The molecule has 26 heavy (non-hydrogen) atoms. The lowest BCUT2D eigenvalue weighted by Crippen LogP contribution is -2.31. The van der Waals surface area contributed by atoms with Crippen LogP contribution in [-0.2, 0) is 9.53 Å². The van der Waals surface area contributed by atoms with E-state index in [0.29, 0.717) is 11.5 Å². The molecule has 1 N–H and O–H groups in total. The molecule has 0 radical (unpaired) electrons. The molecule has 134 valence electrons. The third kappa shape index (κ3) is 3.29. The molecule has 0 saturated heterocycles. The Bertz CT molecular complexity index is 826. The summed E-state index contributed by atoms with van der Waals surface area (Å²) in [5.41, 5.74) is 2.42. The Morgan fingerprint density at radius 1 is 1.19 bits per heavy atom. The third-order valence-electron chi connectivity index (χ3n) is 5.03. The Kier molecular flexibility index (Phi) is 4.37. The van der Waals surface area contributed by atoms with Crippen molar-refractivity contribution in [2.24, 2.45) is 5.92 Å². The largest absolute Gasteiger partial charge is 0.497 e. The van der Waals surface area contributed by atoms with Gasteiger partial charge in [-0.3, -0.25) is 4.79 Å². The first-order chi connectivity index (χ1) is 12.7. The molecule has 0 unspecified atom stereocenters. The van der Waals surface area contributed by atoms with Crippen LogP contribution in [0.25, 0.3) is 0 Å². The van der Waals surface area contributed by atoms with E-state index in [-0.39, 0.29) is 24.3 Å². The van der Waals surface area contributed by atoms with E-state index < -0.39 is 6.10 Å². The van der Waals surface area contributed by atoms with Crippen molar-refractivity contribution in [3.63, 3.8) is 0 Å². The zero-order valence-electron chi connectivity index (χ0n) is 14.6. The maximum atomic E-state index is 12.6. The summed E-state index contributed by atoms with van der Waals surface area (Å²) in [5, 5.41) is 3.13. The first kappa shape index (κ1) is 16.6. The van der Waals surface area contributed by atoms with Crippen molar-refractivity contribution in [3.8, 4) is 5.75 Å². The van der Waals surface area contributed by atoms with Crippen LogP contribution in [0.1, 0.15) is 52.9 Å². The van der Waals surface area contributed by atoms with Gasteiger partial charge >= 0.3 is 5.97 Å². The molecule has 2 aliphatic rings.